The van der Waals surface area contributed by atoms with Gasteiger partial charge < -0.3 is 4.74 Å². The molecule has 1 heterocycles. The molecule has 0 radical (unpaired) electrons. The minimum Gasteiger partial charge on any atom is -0.467 e. The molecule has 1 aliphatic rings. The fourth-order valence-electron chi connectivity index (χ4n) is 2.21. The maximum atomic E-state index is 11.8. The Morgan fingerprint density at radius 3 is 2.56 bits per heavy atom. The predicted molar refractivity (Wildman–Crippen MR) is 62.1 cm³/mol. The highest BCUT2D eigenvalue weighted by Crippen LogP contribution is 2.41. The summed E-state index contributed by atoms with van der Waals surface area (Å²) >= 11 is 0. The van der Waals surface area contributed by atoms with E-state index in [0.29, 0.717) is 11.4 Å². The number of aryl methyl sites for hydroxylation is 1. The Kier molecular flexibility index (Phi) is 3.06. The lowest BCUT2D eigenvalue weighted by molar-refractivity contribution is -0.386. The van der Waals surface area contributed by atoms with Crippen molar-refractivity contribution in [3.63, 3.8) is 0 Å². The zero-order valence-electron chi connectivity index (χ0n) is 10.5. The van der Waals surface area contributed by atoms with Gasteiger partial charge in [0.15, 0.2) is 6.04 Å². The fraction of sp³-hybridized carbons (Fsp3) is 0.636. The maximum Gasteiger partial charge on any atom is 0.330 e. The first-order valence-corrected chi connectivity index (χ1v) is 5.75. The van der Waals surface area contributed by atoms with E-state index in [4.69, 9.17) is 4.74 Å². The first-order valence-electron chi connectivity index (χ1n) is 5.75. The number of ether oxygens (including phenoxy) is 1. The van der Waals surface area contributed by atoms with Crippen molar-refractivity contribution in [2.24, 2.45) is 5.92 Å². The molecule has 0 bridgehead atoms. The highest BCUT2D eigenvalue weighted by atomic mass is 16.6. The molecular weight excluding hydrogens is 238 g/mol. The van der Waals surface area contributed by atoms with Gasteiger partial charge in [-0.25, -0.2) is 9.48 Å². The Morgan fingerprint density at radius 1 is 1.56 bits per heavy atom. The van der Waals surface area contributed by atoms with E-state index in [1.54, 1.807) is 13.8 Å². The minimum atomic E-state index is -0.539. The summed E-state index contributed by atoms with van der Waals surface area (Å²) in [5.74, 6) is -0.215. The number of carbonyl (C=O) groups is 1. The minimum absolute atomic E-state index is 0.0236. The molecule has 2 rings (SSSR count). The molecular formula is C11H15N3O4. The lowest BCUT2D eigenvalue weighted by Gasteiger charge is -2.15. The van der Waals surface area contributed by atoms with Crippen LogP contribution in [-0.2, 0) is 9.53 Å². The predicted octanol–water partition coefficient (Wildman–Crippen LogP) is 1.53. The van der Waals surface area contributed by atoms with E-state index in [1.165, 1.54) is 11.8 Å². The van der Waals surface area contributed by atoms with Crippen LogP contribution in [0.25, 0.3) is 0 Å². The third-order valence-corrected chi connectivity index (χ3v) is 3.24. The summed E-state index contributed by atoms with van der Waals surface area (Å²) in [6.07, 6.45) is 1.85. The average Bonchev–Trinajstić information content (AvgIpc) is 3.07. The molecule has 0 saturated heterocycles. The number of nitro groups is 1. The summed E-state index contributed by atoms with van der Waals surface area (Å²) in [5.41, 5.74) is 0.705. The van der Waals surface area contributed by atoms with Crippen molar-refractivity contribution in [1.82, 2.24) is 9.78 Å². The molecule has 1 unspecified atom stereocenters. The van der Waals surface area contributed by atoms with E-state index in [9.17, 15) is 14.9 Å². The van der Waals surface area contributed by atoms with E-state index in [2.05, 4.69) is 5.10 Å². The van der Waals surface area contributed by atoms with Gasteiger partial charge in [-0.3, -0.25) is 10.1 Å². The van der Waals surface area contributed by atoms with E-state index < -0.39 is 16.9 Å². The van der Waals surface area contributed by atoms with Crippen molar-refractivity contribution in [3.05, 3.63) is 21.5 Å². The molecule has 0 amide bonds. The Morgan fingerprint density at radius 2 is 2.17 bits per heavy atom. The first kappa shape index (κ1) is 12.5. The molecule has 1 saturated carbocycles. The van der Waals surface area contributed by atoms with Gasteiger partial charge in [0, 0.05) is 0 Å². The van der Waals surface area contributed by atoms with Crippen molar-refractivity contribution in [1.29, 1.82) is 0 Å². The van der Waals surface area contributed by atoms with Crippen molar-refractivity contribution in [2.45, 2.75) is 32.7 Å². The van der Waals surface area contributed by atoms with Crippen molar-refractivity contribution < 1.29 is 14.5 Å². The number of hydrogen-bond acceptors (Lipinski definition) is 5. The summed E-state index contributed by atoms with van der Waals surface area (Å²) in [4.78, 5) is 22.3. The highest BCUT2D eigenvalue weighted by molar-refractivity contribution is 5.75. The molecule has 1 fully saturated rings. The number of methoxy groups -OCH3 is 1. The van der Waals surface area contributed by atoms with Gasteiger partial charge in [-0.1, -0.05) is 0 Å². The van der Waals surface area contributed by atoms with Crippen LogP contribution in [0, 0.1) is 29.9 Å². The van der Waals surface area contributed by atoms with Gasteiger partial charge in [-0.2, -0.15) is 5.10 Å². The SMILES string of the molecule is COC(=O)C(C1CC1)n1nc(C)c([N+](=O)[O-])c1C. The topological polar surface area (TPSA) is 87.3 Å². The maximum absolute atomic E-state index is 11.8. The highest BCUT2D eigenvalue weighted by Gasteiger charge is 2.41. The van der Waals surface area contributed by atoms with Gasteiger partial charge >= 0.3 is 11.7 Å². The molecule has 1 aliphatic carbocycles. The molecule has 98 valence electrons. The second kappa shape index (κ2) is 4.40. The molecule has 0 aromatic carbocycles. The van der Waals surface area contributed by atoms with Gasteiger partial charge in [0.1, 0.15) is 11.4 Å². The lowest BCUT2D eigenvalue weighted by atomic mass is 10.2. The molecule has 1 aromatic heterocycles. The number of rotatable bonds is 4. The summed E-state index contributed by atoms with van der Waals surface area (Å²) < 4.78 is 6.20. The largest absolute Gasteiger partial charge is 0.467 e. The Hall–Kier alpha value is -1.92. The number of nitrogens with zero attached hydrogens (tertiary/aromatic N) is 3. The van der Waals surface area contributed by atoms with Crippen LogP contribution in [0.15, 0.2) is 0 Å². The Bertz CT molecular complexity index is 505. The van der Waals surface area contributed by atoms with Crippen LogP contribution in [-0.4, -0.2) is 27.8 Å². The fourth-order valence-corrected chi connectivity index (χ4v) is 2.21. The summed E-state index contributed by atoms with van der Waals surface area (Å²) in [7, 11) is 1.32. The summed E-state index contributed by atoms with van der Waals surface area (Å²) in [6.45, 7) is 3.18. The smallest absolute Gasteiger partial charge is 0.330 e. The zero-order chi connectivity index (χ0) is 13.4. The van der Waals surface area contributed by atoms with Crippen molar-refractivity contribution in [2.75, 3.05) is 7.11 Å². The van der Waals surface area contributed by atoms with Crippen LogP contribution in [0.1, 0.15) is 30.3 Å². The van der Waals surface area contributed by atoms with Crippen LogP contribution < -0.4 is 0 Å². The Balaban J connectivity index is 2.45. The van der Waals surface area contributed by atoms with Crippen LogP contribution in [0.3, 0.4) is 0 Å². The molecule has 1 aromatic rings. The molecule has 0 spiro atoms. The van der Waals surface area contributed by atoms with Crippen LogP contribution in [0.5, 0.6) is 0 Å². The second-order valence-corrected chi connectivity index (χ2v) is 4.53. The van der Waals surface area contributed by atoms with Crippen LogP contribution >= 0.6 is 0 Å². The molecule has 0 N–H and O–H groups in total. The molecule has 18 heavy (non-hydrogen) atoms. The van der Waals surface area contributed by atoms with Gasteiger partial charge in [0.25, 0.3) is 0 Å². The van der Waals surface area contributed by atoms with Crippen LogP contribution in [0.4, 0.5) is 5.69 Å². The van der Waals surface area contributed by atoms with Gasteiger partial charge in [-0.15, -0.1) is 0 Å². The van der Waals surface area contributed by atoms with Crippen LogP contribution in [0.2, 0.25) is 0 Å². The Labute approximate surface area is 104 Å². The van der Waals surface area contributed by atoms with E-state index in [-0.39, 0.29) is 11.6 Å². The van der Waals surface area contributed by atoms with E-state index >= 15 is 0 Å². The molecule has 1 atom stereocenters. The zero-order valence-corrected chi connectivity index (χ0v) is 10.5. The molecule has 7 nitrogen and oxygen atoms in total. The quantitative estimate of drug-likeness (QED) is 0.461. The van der Waals surface area contributed by atoms with E-state index in [0.717, 1.165) is 12.8 Å². The second-order valence-electron chi connectivity index (χ2n) is 4.53. The normalized spacial score (nSPS) is 16.4. The number of carbonyl (C=O) groups excluding carboxylic acids is 1. The van der Waals surface area contributed by atoms with Gasteiger partial charge in [0.2, 0.25) is 0 Å². The van der Waals surface area contributed by atoms with E-state index in [1.807, 2.05) is 0 Å². The van der Waals surface area contributed by atoms with Gasteiger partial charge in [-0.05, 0) is 32.6 Å². The third-order valence-electron chi connectivity index (χ3n) is 3.24. The number of aromatic nitrogens is 2. The summed E-state index contributed by atoms with van der Waals surface area (Å²) in [5, 5.41) is 15.1. The lowest BCUT2D eigenvalue weighted by Crippen LogP contribution is -2.24. The summed E-state index contributed by atoms with van der Waals surface area (Å²) in [6, 6.07) is -0.539. The standard InChI is InChI=1S/C11H15N3O4/c1-6-9(14(16)17)7(2)13(12-6)10(8-4-5-8)11(15)18-3/h8,10H,4-5H2,1-3H3. The van der Waals surface area contributed by atoms with Gasteiger partial charge in [0.05, 0.1) is 12.0 Å². The van der Waals surface area contributed by atoms with Crippen molar-refractivity contribution >= 4 is 11.7 Å². The molecule has 7 heteroatoms. The average molecular weight is 253 g/mol. The number of esters is 1. The van der Waals surface area contributed by atoms with Crippen molar-refractivity contribution in [3.8, 4) is 0 Å². The molecule has 0 aliphatic heterocycles. The third kappa shape index (κ3) is 1.96. The monoisotopic (exact) mass is 253 g/mol. The first-order chi connectivity index (χ1) is 8.47. The number of hydrogen-bond donors (Lipinski definition) is 0.